The fraction of sp³-hybridized carbons (Fsp3) is 0.0690. The van der Waals surface area contributed by atoms with E-state index < -0.39 is 5.97 Å². The summed E-state index contributed by atoms with van der Waals surface area (Å²) < 4.78 is 1.92. The second-order valence-electron chi connectivity index (χ2n) is 8.19. The molecule has 0 radical (unpaired) electrons. The van der Waals surface area contributed by atoms with Gasteiger partial charge in [0.15, 0.2) is 5.17 Å². The summed E-state index contributed by atoms with van der Waals surface area (Å²) in [6.45, 7) is 0.524. The van der Waals surface area contributed by atoms with Crippen molar-refractivity contribution in [2.45, 2.75) is 6.42 Å². The average Bonchev–Trinajstić information content (AvgIpc) is 3.48. The summed E-state index contributed by atoms with van der Waals surface area (Å²) in [6.07, 6.45) is 4.47. The molecule has 1 N–H and O–H groups in total. The van der Waals surface area contributed by atoms with E-state index in [0.29, 0.717) is 16.6 Å². The van der Waals surface area contributed by atoms with Crippen LogP contribution in [0.1, 0.15) is 21.6 Å². The van der Waals surface area contributed by atoms with E-state index in [9.17, 15) is 14.7 Å². The minimum Gasteiger partial charge on any atom is -0.478 e. The molecule has 1 aliphatic rings. The van der Waals surface area contributed by atoms with E-state index >= 15 is 0 Å². The van der Waals surface area contributed by atoms with Gasteiger partial charge in [-0.1, -0.05) is 48.5 Å². The lowest BCUT2D eigenvalue weighted by molar-refractivity contribution is -0.122. The second kappa shape index (κ2) is 10.5. The number of aromatic carboxylic acids is 1. The number of carboxylic acid groups (broad SMARTS) is 1. The number of benzene rings is 3. The number of carbonyl (C=O) groups is 2. The normalized spacial score (nSPS) is 15.7. The van der Waals surface area contributed by atoms with Gasteiger partial charge in [-0.25, -0.2) is 9.79 Å². The largest absolute Gasteiger partial charge is 0.478 e. The monoisotopic (exact) mass is 493 g/mol. The highest BCUT2D eigenvalue weighted by Crippen LogP contribution is 2.34. The standard InChI is InChI=1S/C29H23N3O3S/c33-27-26(20-25-12-7-18-31(25)24-15-13-22(14-16-24)28(34)35)36-29(30-23-10-5-2-6-11-23)32(27)19-17-21-8-3-1-4-9-21/h1-16,18,20H,17,19H2,(H,34,35)/b26-20-,30-29?. The van der Waals surface area contributed by atoms with E-state index in [-0.39, 0.29) is 11.5 Å². The number of rotatable bonds is 7. The lowest BCUT2D eigenvalue weighted by Crippen LogP contribution is -2.31. The van der Waals surface area contributed by atoms with E-state index in [1.807, 2.05) is 77.5 Å². The van der Waals surface area contributed by atoms with Gasteiger partial charge < -0.3 is 9.67 Å². The highest BCUT2D eigenvalue weighted by molar-refractivity contribution is 8.18. The van der Waals surface area contributed by atoms with Crippen LogP contribution in [0, 0.1) is 0 Å². The summed E-state index contributed by atoms with van der Waals surface area (Å²) in [4.78, 5) is 31.8. The lowest BCUT2D eigenvalue weighted by atomic mass is 10.1. The van der Waals surface area contributed by atoms with Crippen LogP contribution in [-0.4, -0.2) is 38.2 Å². The number of aromatic nitrogens is 1. The number of para-hydroxylation sites is 1. The Morgan fingerprint density at radius 3 is 2.28 bits per heavy atom. The topological polar surface area (TPSA) is 74.9 Å². The van der Waals surface area contributed by atoms with Crippen LogP contribution in [0.3, 0.4) is 0 Å². The van der Waals surface area contributed by atoms with Crippen LogP contribution in [0.25, 0.3) is 11.8 Å². The van der Waals surface area contributed by atoms with E-state index in [0.717, 1.165) is 29.1 Å². The lowest BCUT2D eigenvalue weighted by Gasteiger charge is -2.15. The van der Waals surface area contributed by atoms with Crippen molar-refractivity contribution in [2.75, 3.05) is 6.54 Å². The molecule has 1 aliphatic heterocycles. The highest BCUT2D eigenvalue weighted by atomic mass is 32.2. The minimum absolute atomic E-state index is 0.0837. The first-order valence-electron chi connectivity index (χ1n) is 11.5. The minimum atomic E-state index is -0.967. The number of carboxylic acids is 1. The zero-order chi connectivity index (χ0) is 24.9. The summed E-state index contributed by atoms with van der Waals surface area (Å²) in [5, 5.41) is 9.83. The van der Waals surface area contributed by atoms with Crippen molar-refractivity contribution >= 4 is 40.6 Å². The Kier molecular flexibility index (Phi) is 6.82. The molecule has 7 heteroatoms. The van der Waals surface area contributed by atoms with Crippen molar-refractivity contribution in [3.8, 4) is 5.69 Å². The first kappa shape index (κ1) is 23.4. The Morgan fingerprint density at radius 2 is 1.58 bits per heavy atom. The Bertz CT molecular complexity index is 1440. The summed E-state index contributed by atoms with van der Waals surface area (Å²) >= 11 is 1.36. The molecule has 2 heterocycles. The van der Waals surface area contributed by atoms with Crippen molar-refractivity contribution in [3.05, 3.63) is 125 Å². The zero-order valence-corrected chi connectivity index (χ0v) is 20.1. The van der Waals surface area contributed by atoms with Gasteiger partial charge in [0.2, 0.25) is 0 Å². The van der Waals surface area contributed by atoms with Crippen LogP contribution >= 0.6 is 11.8 Å². The van der Waals surface area contributed by atoms with E-state index in [4.69, 9.17) is 4.99 Å². The Hall–Kier alpha value is -4.36. The van der Waals surface area contributed by atoms with E-state index in [1.165, 1.54) is 11.8 Å². The van der Waals surface area contributed by atoms with Gasteiger partial charge in [-0.15, -0.1) is 0 Å². The molecule has 1 saturated heterocycles. The first-order valence-corrected chi connectivity index (χ1v) is 12.3. The van der Waals surface area contributed by atoms with Crippen LogP contribution in [0.5, 0.6) is 0 Å². The van der Waals surface area contributed by atoms with Gasteiger partial charge in [0.1, 0.15) is 0 Å². The molecule has 0 spiro atoms. The Labute approximate surface area is 213 Å². The molecule has 4 aromatic rings. The third-order valence-electron chi connectivity index (χ3n) is 5.79. The van der Waals surface area contributed by atoms with Crippen molar-refractivity contribution in [3.63, 3.8) is 0 Å². The maximum absolute atomic E-state index is 13.5. The maximum Gasteiger partial charge on any atom is 0.335 e. The number of thioether (sulfide) groups is 1. The number of aliphatic imine (C=N–C) groups is 1. The zero-order valence-electron chi connectivity index (χ0n) is 19.3. The van der Waals surface area contributed by atoms with Crippen LogP contribution in [0.4, 0.5) is 5.69 Å². The number of amides is 1. The van der Waals surface area contributed by atoms with Gasteiger partial charge in [0.25, 0.3) is 5.91 Å². The van der Waals surface area contributed by atoms with Gasteiger partial charge in [-0.3, -0.25) is 9.69 Å². The number of carbonyl (C=O) groups excluding carboxylic acids is 1. The molecule has 0 atom stereocenters. The summed E-state index contributed by atoms with van der Waals surface area (Å²) in [5.41, 5.74) is 3.80. The molecule has 1 fully saturated rings. The molecular weight excluding hydrogens is 470 g/mol. The Morgan fingerprint density at radius 1 is 0.889 bits per heavy atom. The SMILES string of the molecule is O=C(O)c1ccc(-n2cccc2/C=C2\SC(=Nc3ccccc3)N(CCc3ccccc3)C2=O)cc1. The van der Waals surface area contributed by atoms with Crippen LogP contribution in [0.2, 0.25) is 0 Å². The summed E-state index contributed by atoms with van der Waals surface area (Å²) in [7, 11) is 0. The van der Waals surface area contributed by atoms with E-state index in [2.05, 4.69) is 12.1 Å². The number of amidine groups is 1. The molecule has 178 valence electrons. The first-order chi connectivity index (χ1) is 17.6. The third-order valence-corrected chi connectivity index (χ3v) is 6.79. The predicted molar refractivity (Wildman–Crippen MR) is 144 cm³/mol. The fourth-order valence-corrected chi connectivity index (χ4v) is 4.94. The van der Waals surface area contributed by atoms with Crippen LogP contribution in [-0.2, 0) is 11.2 Å². The van der Waals surface area contributed by atoms with Gasteiger partial charge in [-0.05, 0) is 78.4 Å². The fourth-order valence-electron chi connectivity index (χ4n) is 3.93. The smallest absolute Gasteiger partial charge is 0.335 e. The van der Waals surface area contributed by atoms with Crippen molar-refractivity contribution in [1.82, 2.24) is 9.47 Å². The quantitative estimate of drug-likeness (QED) is 0.319. The number of hydrogen-bond donors (Lipinski definition) is 1. The molecule has 0 aliphatic carbocycles. The molecule has 3 aromatic carbocycles. The molecule has 5 rings (SSSR count). The van der Waals surface area contributed by atoms with E-state index in [1.54, 1.807) is 29.2 Å². The molecule has 1 aromatic heterocycles. The number of nitrogens with zero attached hydrogens (tertiary/aromatic N) is 3. The molecular formula is C29H23N3O3S. The molecule has 0 bridgehead atoms. The van der Waals surface area contributed by atoms with Crippen LogP contribution < -0.4 is 0 Å². The van der Waals surface area contributed by atoms with Crippen LogP contribution in [0.15, 0.2) is 113 Å². The number of hydrogen-bond acceptors (Lipinski definition) is 4. The molecule has 6 nitrogen and oxygen atoms in total. The molecule has 0 unspecified atom stereocenters. The van der Waals surface area contributed by atoms with Gasteiger partial charge >= 0.3 is 5.97 Å². The summed E-state index contributed by atoms with van der Waals surface area (Å²) in [5.74, 6) is -1.05. The molecule has 36 heavy (non-hydrogen) atoms. The van der Waals surface area contributed by atoms with Crippen molar-refractivity contribution in [1.29, 1.82) is 0 Å². The molecule has 0 saturated carbocycles. The Balaban J connectivity index is 1.45. The van der Waals surface area contributed by atoms with Gasteiger partial charge in [0, 0.05) is 24.1 Å². The van der Waals surface area contributed by atoms with Crippen molar-refractivity contribution in [2.24, 2.45) is 4.99 Å². The molecule has 1 amide bonds. The second-order valence-corrected chi connectivity index (χ2v) is 9.20. The van der Waals surface area contributed by atoms with Gasteiger partial charge in [0.05, 0.1) is 16.2 Å². The average molecular weight is 494 g/mol. The predicted octanol–water partition coefficient (Wildman–Crippen LogP) is 6.02. The summed E-state index contributed by atoms with van der Waals surface area (Å²) in [6, 6.07) is 30.2. The third kappa shape index (κ3) is 5.16. The maximum atomic E-state index is 13.5. The van der Waals surface area contributed by atoms with Crippen molar-refractivity contribution < 1.29 is 14.7 Å². The highest BCUT2D eigenvalue weighted by Gasteiger charge is 2.33. The van der Waals surface area contributed by atoms with Gasteiger partial charge in [-0.2, -0.15) is 0 Å².